The number of rotatable bonds is 6. The Morgan fingerprint density at radius 1 is 1.15 bits per heavy atom. The molecule has 0 atom stereocenters. The number of ether oxygens (including phenoxy) is 1. The van der Waals surface area contributed by atoms with Gasteiger partial charge in [-0.05, 0) is 43.3 Å². The van der Waals surface area contributed by atoms with Gasteiger partial charge in [0, 0.05) is 62.1 Å². The van der Waals surface area contributed by atoms with E-state index in [1.807, 2.05) is 18.3 Å². The Bertz CT molecular complexity index is 898. The van der Waals surface area contributed by atoms with Crippen LogP contribution in [0.25, 0.3) is 10.9 Å². The molecule has 4 rings (SSSR count). The lowest BCUT2D eigenvalue weighted by molar-refractivity contribution is 0.247. The summed E-state index contributed by atoms with van der Waals surface area (Å²) in [5.41, 5.74) is 3.53. The van der Waals surface area contributed by atoms with Crippen LogP contribution in [0.2, 0.25) is 0 Å². The van der Waals surface area contributed by atoms with Crippen molar-refractivity contribution in [3.05, 3.63) is 48.3 Å². The number of methoxy groups -OCH3 is 1. The summed E-state index contributed by atoms with van der Waals surface area (Å²) in [7, 11) is 1.71. The Morgan fingerprint density at radius 2 is 2.00 bits per heavy atom. The molecule has 27 heavy (non-hydrogen) atoms. The van der Waals surface area contributed by atoms with Crippen molar-refractivity contribution in [2.24, 2.45) is 0 Å². The number of aromatic amines is 1. The van der Waals surface area contributed by atoms with Crippen LogP contribution >= 0.6 is 0 Å². The van der Waals surface area contributed by atoms with Crippen molar-refractivity contribution in [2.45, 2.75) is 13.5 Å². The molecule has 0 saturated carbocycles. The molecule has 2 aromatic heterocycles. The lowest BCUT2D eigenvalue weighted by atomic mass is 10.2. The van der Waals surface area contributed by atoms with Crippen LogP contribution in [0.3, 0.4) is 0 Å². The molecule has 0 amide bonds. The highest BCUT2D eigenvalue weighted by atomic mass is 16.5. The Hall–Kier alpha value is -2.73. The topological polar surface area (TPSA) is 56.4 Å². The molecule has 3 heterocycles. The molecule has 6 nitrogen and oxygen atoms in total. The van der Waals surface area contributed by atoms with Crippen molar-refractivity contribution in [3.63, 3.8) is 0 Å². The summed E-state index contributed by atoms with van der Waals surface area (Å²) in [5.74, 6) is 1.96. The normalized spacial score (nSPS) is 15.3. The second kappa shape index (κ2) is 7.88. The van der Waals surface area contributed by atoms with Crippen molar-refractivity contribution < 1.29 is 4.74 Å². The molecule has 6 heteroatoms. The van der Waals surface area contributed by atoms with Crippen molar-refractivity contribution in [2.75, 3.05) is 50.1 Å². The highest BCUT2D eigenvalue weighted by Crippen LogP contribution is 2.25. The summed E-state index contributed by atoms with van der Waals surface area (Å²) < 4.78 is 5.32. The Balaban J connectivity index is 1.40. The number of pyridine rings is 1. The van der Waals surface area contributed by atoms with Gasteiger partial charge in [-0.15, -0.1) is 0 Å². The summed E-state index contributed by atoms with van der Waals surface area (Å²) in [5, 5.41) is 4.62. The van der Waals surface area contributed by atoms with Gasteiger partial charge in [0.15, 0.2) is 5.82 Å². The maximum Gasteiger partial charge on any atom is 0.152 e. The van der Waals surface area contributed by atoms with E-state index >= 15 is 0 Å². The smallest absolute Gasteiger partial charge is 0.152 e. The molecule has 142 valence electrons. The van der Waals surface area contributed by atoms with Gasteiger partial charge in [0.1, 0.15) is 5.75 Å². The maximum atomic E-state index is 5.32. The number of anilines is 2. The van der Waals surface area contributed by atoms with Gasteiger partial charge < -0.3 is 19.9 Å². The van der Waals surface area contributed by atoms with Gasteiger partial charge in [0.2, 0.25) is 0 Å². The first kappa shape index (κ1) is 17.7. The minimum Gasteiger partial charge on any atom is -0.497 e. The molecular weight excluding hydrogens is 338 g/mol. The zero-order valence-corrected chi connectivity index (χ0v) is 16.0. The average Bonchev–Trinajstić information content (AvgIpc) is 3.10. The summed E-state index contributed by atoms with van der Waals surface area (Å²) in [6.45, 7) is 8.00. The van der Waals surface area contributed by atoms with Crippen molar-refractivity contribution in [1.29, 1.82) is 0 Å². The SMILES string of the molecule is CCNc1cccnc1N1CCN(Cc2cc3cc(OC)ccc3[nH]2)CC1. The molecule has 1 saturated heterocycles. The van der Waals surface area contributed by atoms with Gasteiger partial charge >= 0.3 is 0 Å². The van der Waals surface area contributed by atoms with Gasteiger partial charge in [-0.1, -0.05) is 0 Å². The van der Waals surface area contributed by atoms with E-state index in [-0.39, 0.29) is 0 Å². The van der Waals surface area contributed by atoms with Crippen LogP contribution in [-0.2, 0) is 6.54 Å². The van der Waals surface area contributed by atoms with Crippen molar-refractivity contribution in [3.8, 4) is 5.75 Å². The molecule has 1 fully saturated rings. The van der Waals surface area contributed by atoms with E-state index in [4.69, 9.17) is 4.74 Å². The maximum absolute atomic E-state index is 5.32. The second-order valence-electron chi connectivity index (χ2n) is 6.92. The fraction of sp³-hybridized carbons (Fsp3) is 0.381. The number of H-pyrrole nitrogens is 1. The zero-order valence-electron chi connectivity index (χ0n) is 16.0. The predicted molar refractivity (Wildman–Crippen MR) is 111 cm³/mol. The zero-order chi connectivity index (χ0) is 18.6. The molecule has 1 aromatic carbocycles. The number of piperazine rings is 1. The number of hydrogen-bond acceptors (Lipinski definition) is 5. The summed E-state index contributed by atoms with van der Waals surface area (Å²) >= 11 is 0. The fourth-order valence-corrected chi connectivity index (χ4v) is 3.72. The Morgan fingerprint density at radius 3 is 2.78 bits per heavy atom. The monoisotopic (exact) mass is 365 g/mol. The third kappa shape index (κ3) is 3.85. The first-order chi connectivity index (χ1) is 13.3. The van der Waals surface area contributed by atoms with Crippen molar-refractivity contribution in [1.82, 2.24) is 14.9 Å². The molecule has 0 unspecified atom stereocenters. The number of nitrogens with one attached hydrogen (secondary N) is 2. The van der Waals surface area contributed by atoms with Gasteiger partial charge in [-0.2, -0.15) is 0 Å². The summed E-state index contributed by atoms with van der Waals surface area (Å²) in [4.78, 5) is 13.0. The van der Waals surface area contributed by atoms with Crippen LogP contribution < -0.4 is 15.0 Å². The predicted octanol–water partition coefficient (Wildman–Crippen LogP) is 3.33. The first-order valence-corrected chi connectivity index (χ1v) is 9.58. The fourth-order valence-electron chi connectivity index (χ4n) is 3.72. The van der Waals surface area contributed by atoms with Crippen LogP contribution in [0.5, 0.6) is 5.75 Å². The minimum atomic E-state index is 0.897. The highest BCUT2D eigenvalue weighted by molar-refractivity contribution is 5.81. The van der Waals surface area contributed by atoms with Gasteiger partial charge in [-0.25, -0.2) is 4.98 Å². The average molecular weight is 365 g/mol. The van der Waals surface area contributed by atoms with Gasteiger partial charge in [-0.3, -0.25) is 4.90 Å². The van der Waals surface area contributed by atoms with E-state index in [1.165, 1.54) is 11.1 Å². The van der Waals surface area contributed by atoms with E-state index in [0.717, 1.165) is 62.0 Å². The second-order valence-corrected chi connectivity index (χ2v) is 6.92. The largest absolute Gasteiger partial charge is 0.497 e. The summed E-state index contributed by atoms with van der Waals surface area (Å²) in [6, 6.07) is 12.5. The first-order valence-electron chi connectivity index (χ1n) is 9.58. The standard InChI is InChI=1S/C21H27N5O/c1-3-22-20-5-4-8-23-21(20)26-11-9-25(10-12-26)15-17-13-16-14-18(27-2)6-7-19(16)24-17/h4-8,13-14,22,24H,3,9-12,15H2,1-2H3. The van der Waals surface area contributed by atoms with Crippen LogP contribution in [-0.4, -0.2) is 54.7 Å². The minimum absolute atomic E-state index is 0.897. The molecule has 0 aliphatic carbocycles. The van der Waals surface area contributed by atoms with E-state index < -0.39 is 0 Å². The molecule has 0 bridgehead atoms. The van der Waals surface area contributed by atoms with E-state index in [9.17, 15) is 0 Å². The number of benzene rings is 1. The van der Waals surface area contributed by atoms with Crippen LogP contribution in [0, 0.1) is 0 Å². The van der Waals surface area contributed by atoms with Crippen LogP contribution in [0.4, 0.5) is 11.5 Å². The Kier molecular flexibility index (Phi) is 5.16. The Labute approximate surface area is 160 Å². The van der Waals surface area contributed by atoms with Gasteiger partial charge in [0.25, 0.3) is 0 Å². The number of aromatic nitrogens is 2. The number of nitrogens with zero attached hydrogens (tertiary/aromatic N) is 3. The molecule has 1 aliphatic rings. The number of hydrogen-bond donors (Lipinski definition) is 2. The third-order valence-electron chi connectivity index (χ3n) is 5.10. The quantitative estimate of drug-likeness (QED) is 0.702. The highest BCUT2D eigenvalue weighted by Gasteiger charge is 2.20. The molecule has 0 radical (unpaired) electrons. The molecule has 3 aromatic rings. The van der Waals surface area contributed by atoms with Crippen LogP contribution in [0.1, 0.15) is 12.6 Å². The molecule has 0 spiro atoms. The number of fused-ring (bicyclic) bond motifs is 1. The van der Waals surface area contributed by atoms with Crippen molar-refractivity contribution >= 4 is 22.4 Å². The van der Waals surface area contributed by atoms with E-state index in [0.29, 0.717) is 0 Å². The van der Waals surface area contributed by atoms with Gasteiger partial charge in [0.05, 0.1) is 12.8 Å². The third-order valence-corrected chi connectivity index (χ3v) is 5.10. The van der Waals surface area contributed by atoms with E-state index in [1.54, 1.807) is 7.11 Å². The molecule has 1 aliphatic heterocycles. The summed E-state index contributed by atoms with van der Waals surface area (Å²) in [6.07, 6.45) is 1.88. The lowest BCUT2D eigenvalue weighted by Crippen LogP contribution is -2.46. The van der Waals surface area contributed by atoms with E-state index in [2.05, 4.69) is 56.3 Å². The molecule has 2 N–H and O–H groups in total. The lowest BCUT2D eigenvalue weighted by Gasteiger charge is -2.36. The van der Waals surface area contributed by atoms with Crippen LogP contribution in [0.15, 0.2) is 42.6 Å². The molecular formula is C21H27N5O.